The number of rotatable bonds is 6. The Morgan fingerprint density at radius 3 is 2.76 bits per heavy atom. The van der Waals surface area contributed by atoms with E-state index in [1.54, 1.807) is 12.1 Å². The lowest BCUT2D eigenvalue weighted by molar-refractivity contribution is 0.0697. The first-order valence-electron chi connectivity index (χ1n) is 6.42. The number of aromatic carboxylic acids is 1. The van der Waals surface area contributed by atoms with Gasteiger partial charge in [0.15, 0.2) is 0 Å². The molecule has 1 N–H and O–H groups in total. The van der Waals surface area contributed by atoms with E-state index in [-0.39, 0.29) is 10.6 Å². The first kappa shape index (κ1) is 15.7. The smallest absolute Gasteiger partial charge is 0.337 e. The maximum absolute atomic E-state index is 11.0. The fourth-order valence-corrected chi connectivity index (χ4v) is 2.75. The van der Waals surface area contributed by atoms with Crippen molar-refractivity contribution in [3.8, 4) is 5.75 Å². The van der Waals surface area contributed by atoms with E-state index in [2.05, 4.69) is 0 Å². The minimum absolute atomic E-state index is 0.126. The zero-order valence-electron chi connectivity index (χ0n) is 11.5. The van der Waals surface area contributed by atoms with Crippen LogP contribution in [0.4, 0.5) is 0 Å². The Balaban J connectivity index is 1.88. The Hall–Kier alpha value is -1.65. The van der Waals surface area contributed by atoms with E-state index in [0.717, 1.165) is 22.0 Å². The number of ether oxygens (including phenoxy) is 1. The molecule has 2 aromatic rings. The van der Waals surface area contributed by atoms with Crippen LogP contribution in [-0.2, 0) is 0 Å². The third-order valence-electron chi connectivity index (χ3n) is 2.87. The van der Waals surface area contributed by atoms with Crippen LogP contribution in [-0.4, -0.2) is 23.4 Å². The minimum Gasteiger partial charge on any atom is -0.492 e. The predicted molar refractivity (Wildman–Crippen MR) is 85.8 cm³/mol. The molecule has 0 amide bonds. The molecule has 2 aromatic carbocycles. The number of thioether (sulfide) groups is 1. The molecule has 21 heavy (non-hydrogen) atoms. The number of halogens is 1. The molecule has 0 spiro atoms. The molecule has 3 nitrogen and oxygen atoms in total. The van der Waals surface area contributed by atoms with Crippen molar-refractivity contribution < 1.29 is 14.6 Å². The number of carbonyl (C=O) groups is 1. The van der Waals surface area contributed by atoms with E-state index in [4.69, 9.17) is 21.4 Å². The lowest BCUT2D eigenvalue weighted by Gasteiger charge is -2.09. The monoisotopic (exact) mass is 322 g/mol. The molecule has 0 radical (unpaired) electrons. The van der Waals surface area contributed by atoms with Gasteiger partial charge in [0.05, 0.1) is 17.2 Å². The summed E-state index contributed by atoms with van der Waals surface area (Å²) in [6, 6.07) is 12.9. The van der Waals surface area contributed by atoms with Crippen LogP contribution < -0.4 is 4.74 Å². The van der Waals surface area contributed by atoms with Gasteiger partial charge < -0.3 is 9.84 Å². The number of para-hydroxylation sites is 1. The van der Waals surface area contributed by atoms with Crippen molar-refractivity contribution in [2.75, 3.05) is 12.4 Å². The van der Waals surface area contributed by atoms with Crippen molar-refractivity contribution in [3.05, 3.63) is 58.6 Å². The van der Waals surface area contributed by atoms with Crippen molar-refractivity contribution in [1.82, 2.24) is 0 Å². The van der Waals surface area contributed by atoms with E-state index < -0.39 is 5.97 Å². The molecular weight excluding hydrogens is 308 g/mol. The number of benzene rings is 2. The second-order valence-corrected chi connectivity index (χ2v) is 5.98. The Morgan fingerprint density at radius 1 is 1.29 bits per heavy atom. The van der Waals surface area contributed by atoms with Crippen LogP contribution in [0.5, 0.6) is 5.75 Å². The van der Waals surface area contributed by atoms with Gasteiger partial charge in [-0.15, -0.1) is 11.8 Å². The molecule has 110 valence electrons. The van der Waals surface area contributed by atoms with Gasteiger partial charge in [-0.1, -0.05) is 29.8 Å². The van der Waals surface area contributed by atoms with Gasteiger partial charge in [0.1, 0.15) is 5.75 Å². The number of hydrogen-bond donors (Lipinski definition) is 1. The van der Waals surface area contributed by atoms with Gasteiger partial charge >= 0.3 is 5.97 Å². The normalized spacial score (nSPS) is 10.4. The largest absolute Gasteiger partial charge is 0.492 e. The van der Waals surface area contributed by atoms with Gasteiger partial charge in [-0.05, 0) is 36.8 Å². The highest BCUT2D eigenvalue weighted by Gasteiger charge is 2.09. The Bertz CT molecular complexity index is 643. The van der Waals surface area contributed by atoms with Crippen LogP contribution in [0.25, 0.3) is 0 Å². The van der Waals surface area contributed by atoms with Crippen LogP contribution in [0.15, 0.2) is 47.4 Å². The van der Waals surface area contributed by atoms with Crippen molar-refractivity contribution in [3.63, 3.8) is 0 Å². The summed E-state index contributed by atoms with van der Waals surface area (Å²) >= 11 is 7.37. The van der Waals surface area contributed by atoms with Crippen LogP contribution in [0.1, 0.15) is 15.9 Å². The average molecular weight is 323 g/mol. The molecule has 0 aliphatic carbocycles. The molecule has 0 unspecified atom stereocenters. The van der Waals surface area contributed by atoms with Crippen LogP contribution in [0.3, 0.4) is 0 Å². The summed E-state index contributed by atoms with van der Waals surface area (Å²) in [5.74, 6) is 0.591. The average Bonchev–Trinajstić information content (AvgIpc) is 2.46. The standard InChI is InChI=1S/C16H15ClO3S/c1-11-4-2-3-5-15(11)20-8-9-21-12-6-7-14(17)13(10-12)16(18)19/h2-7,10H,8-9H2,1H3,(H,18,19). The maximum Gasteiger partial charge on any atom is 0.337 e. The van der Waals surface area contributed by atoms with Gasteiger partial charge in [0, 0.05) is 10.6 Å². The summed E-state index contributed by atoms with van der Waals surface area (Å²) < 4.78 is 5.70. The van der Waals surface area contributed by atoms with E-state index in [1.807, 2.05) is 37.3 Å². The Kier molecular flexibility index (Phi) is 5.53. The predicted octanol–water partition coefficient (Wildman–Crippen LogP) is 4.52. The zero-order chi connectivity index (χ0) is 15.2. The van der Waals surface area contributed by atoms with E-state index >= 15 is 0 Å². The number of hydrogen-bond acceptors (Lipinski definition) is 3. The van der Waals surface area contributed by atoms with Crippen molar-refractivity contribution in [2.24, 2.45) is 0 Å². The van der Waals surface area contributed by atoms with E-state index in [1.165, 1.54) is 11.8 Å². The second-order valence-electron chi connectivity index (χ2n) is 4.41. The topological polar surface area (TPSA) is 46.5 Å². The highest BCUT2D eigenvalue weighted by molar-refractivity contribution is 7.99. The molecule has 0 heterocycles. The molecule has 0 aromatic heterocycles. The molecule has 0 saturated heterocycles. The summed E-state index contributed by atoms with van der Waals surface area (Å²) in [7, 11) is 0. The second kappa shape index (κ2) is 7.38. The highest BCUT2D eigenvalue weighted by Crippen LogP contribution is 2.25. The molecule has 0 aliphatic rings. The third-order valence-corrected chi connectivity index (χ3v) is 4.16. The zero-order valence-corrected chi connectivity index (χ0v) is 13.1. The third kappa shape index (κ3) is 4.41. The Morgan fingerprint density at radius 2 is 2.05 bits per heavy atom. The lowest BCUT2D eigenvalue weighted by Crippen LogP contribution is -2.02. The molecule has 5 heteroatoms. The number of carboxylic acids is 1. The summed E-state index contributed by atoms with van der Waals surface area (Å²) in [6.07, 6.45) is 0. The minimum atomic E-state index is -1.02. The SMILES string of the molecule is Cc1ccccc1OCCSc1ccc(Cl)c(C(=O)O)c1. The van der Waals surface area contributed by atoms with Gasteiger partial charge in [0.25, 0.3) is 0 Å². The molecular formula is C16H15ClO3S. The summed E-state index contributed by atoms with van der Waals surface area (Å²) in [4.78, 5) is 11.9. The first-order valence-corrected chi connectivity index (χ1v) is 7.78. The molecule has 0 aliphatic heterocycles. The molecule has 0 atom stereocenters. The molecule has 0 bridgehead atoms. The number of aryl methyl sites for hydroxylation is 1. The van der Waals surface area contributed by atoms with Gasteiger partial charge in [-0.2, -0.15) is 0 Å². The van der Waals surface area contributed by atoms with Gasteiger partial charge in [-0.25, -0.2) is 4.79 Å². The van der Waals surface area contributed by atoms with E-state index in [0.29, 0.717) is 6.61 Å². The maximum atomic E-state index is 11.0. The van der Waals surface area contributed by atoms with E-state index in [9.17, 15) is 4.79 Å². The summed E-state index contributed by atoms with van der Waals surface area (Å²) in [6.45, 7) is 2.56. The quantitative estimate of drug-likeness (QED) is 0.627. The van der Waals surface area contributed by atoms with Crippen LogP contribution in [0, 0.1) is 6.92 Å². The van der Waals surface area contributed by atoms with Crippen molar-refractivity contribution >= 4 is 29.3 Å². The van der Waals surface area contributed by atoms with Crippen molar-refractivity contribution in [1.29, 1.82) is 0 Å². The fourth-order valence-electron chi connectivity index (χ4n) is 1.79. The molecule has 0 saturated carbocycles. The van der Waals surface area contributed by atoms with Crippen LogP contribution >= 0.6 is 23.4 Å². The highest BCUT2D eigenvalue weighted by atomic mass is 35.5. The van der Waals surface area contributed by atoms with Gasteiger partial charge in [-0.3, -0.25) is 0 Å². The van der Waals surface area contributed by atoms with Crippen molar-refractivity contribution in [2.45, 2.75) is 11.8 Å². The van der Waals surface area contributed by atoms with Crippen LogP contribution in [0.2, 0.25) is 5.02 Å². The number of carboxylic acid groups (broad SMARTS) is 1. The first-order chi connectivity index (χ1) is 10.1. The Labute approximate surface area is 132 Å². The lowest BCUT2D eigenvalue weighted by atomic mass is 10.2. The molecule has 0 fully saturated rings. The molecule has 2 rings (SSSR count). The fraction of sp³-hybridized carbons (Fsp3) is 0.188. The summed E-state index contributed by atoms with van der Waals surface area (Å²) in [5.41, 5.74) is 1.23. The summed E-state index contributed by atoms with van der Waals surface area (Å²) in [5, 5.41) is 9.28. The van der Waals surface area contributed by atoms with Gasteiger partial charge in [0.2, 0.25) is 0 Å².